The van der Waals surface area contributed by atoms with E-state index in [0.29, 0.717) is 11.6 Å². The minimum absolute atomic E-state index is 0.110. The highest BCUT2D eigenvalue weighted by Gasteiger charge is 2.44. The molecule has 0 saturated heterocycles. The van der Waals surface area contributed by atoms with E-state index in [4.69, 9.17) is 16.3 Å². The summed E-state index contributed by atoms with van der Waals surface area (Å²) in [5, 5.41) is 3.89. The van der Waals surface area contributed by atoms with E-state index < -0.39 is 0 Å². The van der Waals surface area contributed by atoms with Gasteiger partial charge in [-0.05, 0) is 30.5 Å². The summed E-state index contributed by atoms with van der Waals surface area (Å²) >= 11 is 6.10. The van der Waals surface area contributed by atoms with Crippen molar-refractivity contribution < 1.29 is 9.13 Å². The quantitative estimate of drug-likeness (QED) is 0.792. The lowest BCUT2D eigenvalue weighted by Gasteiger charge is -2.18. The fourth-order valence-corrected chi connectivity index (χ4v) is 2.48. The number of ether oxygens (including phenoxy) is 1. The molecule has 0 amide bonds. The van der Waals surface area contributed by atoms with Crippen molar-refractivity contribution in [1.29, 1.82) is 0 Å². The molecule has 0 aromatic heterocycles. The van der Waals surface area contributed by atoms with Crippen LogP contribution in [0.15, 0.2) is 18.2 Å². The Morgan fingerprint density at radius 1 is 1.47 bits per heavy atom. The highest BCUT2D eigenvalue weighted by atomic mass is 35.5. The summed E-state index contributed by atoms with van der Waals surface area (Å²) in [4.78, 5) is 0. The van der Waals surface area contributed by atoms with Gasteiger partial charge in [0.15, 0.2) is 0 Å². The Morgan fingerprint density at radius 3 is 2.82 bits per heavy atom. The second-order valence-electron chi connectivity index (χ2n) is 4.57. The minimum atomic E-state index is -0.276. The van der Waals surface area contributed by atoms with E-state index >= 15 is 0 Å². The maximum Gasteiger partial charge on any atom is 0.124 e. The number of halogens is 2. The summed E-state index contributed by atoms with van der Waals surface area (Å²) in [5.74, 6) is -0.276. The molecule has 1 fully saturated rings. The first-order chi connectivity index (χ1) is 8.18. The van der Waals surface area contributed by atoms with Gasteiger partial charge in [0.25, 0.3) is 0 Å². The Labute approximate surface area is 106 Å². The van der Waals surface area contributed by atoms with Gasteiger partial charge in [0.05, 0.1) is 6.61 Å². The smallest absolute Gasteiger partial charge is 0.124 e. The lowest BCUT2D eigenvalue weighted by molar-refractivity contribution is 0.198. The van der Waals surface area contributed by atoms with Gasteiger partial charge in [0.2, 0.25) is 0 Å². The summed E-state index contributed by atoms with van der Waals surface area (Å²) in [5.41, 5.74) is 1.17. The molecule has 2 rings (SSSR count). The molecule has 4 heteroatoms. The molecule has 1 aliphatic rings. The van der Waals surface area contributed by atoms with Gasteiger partial charge in [0.1, 0.15) is 5.82 Å². The van der Waals surface area contributed by atoms with E-state index in [0.717, 1.165) is 31.5 Å². The van der Waals surface area contributed by atoms with Crippen molar-refractivity contribution >= 4 is 11.6 Å². The topological polar surface area (TPSA) is 21.3 Å². The number of hydrogen-bond acceptors (Lipinski definition) is 2. The number of rotatable bonds is 6. The predicted octanol–water partition coefficient (Wildman–Crippen LogP) is 2.75. The van der Waals surface area contributed by atoms with Crippen molar-refractivity contribution in [3.05, 3.63) is 34.6 Å². The van der Waals surface area contributed by atoms with E-state index in [-0.39, 0.29) is 11.2 Å². The van der Waals surface area contributed by atoms with Crippen molar-refractivity contribution in [2.45, 2.75) is 18.3 Å². The second kappa shape index (κ2) is 5.34. The number of methoxy groups -OCH3 is 1. The number of nitrogens with one attached hydrogen (secondary N) is 1. The van der Waals surface area contributed by atoms with Crippen molar-refractivity contribution in [3.8, 4) is 0 Å². The molecule has 0 aliphatic heterocycles. The van der Waals surface area contributed by atoms with Gasteiger partial charge < -0.3 is 10.1 Å². The van der Waals surface area contributed by atoms with Crippen LogP contribution in [-0.2, 0) is 10.2 Å². The molecular weight excluding hydrogens is 241 g/mol. The summed E-state index contributed by atoms with van der Waals surface area (Å²) in [6, 6.07) is 4.69. The van der Waals surface area contributed by atoms with Crippen LogP contribution in [0.2, 0.25) is 5.02 Å². The first-order valence-corrected chi connectivity index (χ1v) is 6.21. The van der Waals surface area contributed by atoms with Crippen molar-refractivity contribution in [3.63, 3.8) is 0 Å². The Bertz CT molecular complexity index is 393. The molecule has 2 nitrogen and oxygen atoms in total. The molecule has 0 heterocycles. The Balaban J connectivity index is 2.00. The van der Waals surface area contributed by atoms with E-state index in [2.05, 4.69) is 5.32 Å². The lowest BCUT2D eigenvalue weighted by atomic mass is 9.96. The maximum absolute atomic E-state index is 13.0. The van der Waals surface area contributed by atoms with Crippen LogP contribution in [0.5, 0.6) is 0 Å². The van der Waals surface area contributed by atoms with Gasteiger partial charge in [0, 0.05) is 30.6 Å². The monoisotopic (exact) mass is 257 g/mol. The van der Waals surface area contributed by atoms with Gasteiger partial charge in [-0.15, -0.1) is 0 Å². The van der Waals surface area contributed by atoms with Crippen LogP contribution in [0, 0.1) is 5.82 Å². The standard InChI is InChI=1S/C13H17ClFNO/c1-17-7-6-16-9-13(4-5-13)11-3-2-10(15)8-12(11)14/h2-3,8,16H,4-7,9H2,1H3. The van der Waals surface area contributed by atoms with Gasteiger partial charge in [-0.2, -0.15) is 0 Å². The summed E-state index contributed by atoms with van der Waals surface area (Å²) in [7, 11) is 1.69. The predicted molar refractivity (Wildman–Crippen MR) is 67.1 cm³/mol. The van der Waals surface area contributed by atoms with Crippen LogP contribution < -0.4 is 5.32 Å². The fraction of sp³-hybridized carbons (Fsp3) is 0.538. The first-order valence-electron chi connectivity index (χ1n) is 5.83. The Hall–Kier alpha value is -0.640. The minimum Gasteiger partial charge on any atom is -0.383 e. The van der Waals surface area contributed by atoms with E-state index in [1.807, 2.05) is 6.07 Å². The Morgan fingerprint density at radius 2 is 2.24 bits per heavy atom. The van der Waals surface area contributed by atoms with Crippen LogP contribution in [0.1, 0.15) is 18.4 Å². The van der Waals surface area contributed by atoms with Gasteiger partial charge in [-0.1, -0.05) is 17.7 Å². The molecule has 0 atom stereocenters. The van der Waals surface area contributed by atoms with Crippen LogP contribution in [0.4, 0.5) is 4.39 Å². The molecule has 1 aromatic carbocycles. The molecule has 94 valence electrons. The molecule has 0 radical (unpaired) electrons. The van der Waals surface area contributed by atoms with Crippen molar-refractivity contribution in [2.24, 2.45) is 0 Å². The summed E-state index contributed by atoms with van der Waals surface area (Å²) < 4.78 is 18.0. The van der Waals surface area contributed by atoms with Gasteiger partial charge in [-0.3, -0.25) is 0 Å². The molecule has 1 aromatic rings. The molecule has 17 heavy (non-hydrogen) atoms. The summed E-state index contributed by atoms with van der Waals surface area (Å²) in [6.45, 7) is 2.41. The number of hydrogen-bond donors (Lipinski definition) is 1. The fourth-order valence-electron chi connectivity index (χ4n) is 2.11. The largest absolute Gasteiger partial charge is 0.383 e. The zero-order chi connectivity index (χ0) is 12.3. The molecular formula is C13H17ClFNO. The van der Waals surface area contributed by atoms with Crippen LogP contribution in [-0.4, -0.2) is 26.8 Å². The maximum atomic E-state index is 13.0. The third kappa shape index (κ3) is 2.97. The van der Waals surface area contributed by atoms with Crippen molar-refractivity contribution in [2.75, 3.05) is 26.8 Å². The lowest BCUT2D eigenvalue weighted by Crippen LogP contribution is -2.29. The average Bonchev–Trinajstić information content (AvgIpc) is 3.05. The number of benzene rings is 1. The highest BCUT2D eigenvalue weighted by molar-refractivity contribution is 6.31. The third-order valence-electron chi connectivity index (χ3n) is 3.30. The molecule has 1 aliphatic carbocycles. The zero-order valence-corrected chi connectivity index (χ0v) is 10.7. The normalized spacial score (nSPS) is 17.1. The first kappa shape index (κ1) is 12.8. The van der Waals surface area contributed by atoms with E-state index in [1.165, 1.54) is 12.1 Å². The van der Waals surface area contributed by atoms with E-state index in [1.54, 1.807) is 7.11 Å². The zero-order valence-electron chi connectivity index (χ0n) is 9.93. The second-order valence-corrected chi connectivity index (χ2v) is 4.98. The molecule has 1 saturated carbocycles. The summed E-state index contributed by atoms with van der Waals surface area (Å²) in [6.07, 6.45) is 2.22. The van der Waals surface area contributed by atoms with E-state index in [9.17, 15) is 4.39 Å². The SMILES string of the molecule is COCCNCC1(c2ccc(F)cc2Cl)CC1. The third-order valence-corrected chi connectivity index (χ3v) is 3.62. The van der Waals surface area contributed by atoms with Crippen LogP contribution >= 0.6 is 11.6 Å². The highest BCUT2D eigenvalue weighted by Crippen LogP contribution is 2.49. The average molecular weight is 258 g/mol. The molecule has 0 unspecified atom stereocenters. The molecule has 0 bridgehead atoms. The van der Waals surface area contributed by atoms with Gasteiger partial charge in [-0.25, -0.2) is 4.39 Å². The van der Waals surface area contributed by atoms with Crippen LogP contribution in [0.25, 0.3) is 0 Å². The van der Waals surface area contributed by atoms with Crippen LogP contribution in [0.3, 0.4) is 0 Å². The molecule has 1 N–H and O–H groups in total. The van der Waals surface area contributed by atoms with Gasteiger partial charge >= 0.3 is 0 Å². The Kier molecular flexibility index (Phi) is 4.02. The molecule has 0 spiro atoms. The van der Waals surface area contributed by atoms with Crippen molar-refractivity contribution in [1.82, 2.24) is 5.32 Å².